The van der Waals surface area contributed by atoms with Crippen LogP contribution < -0.4 is 5.32 Å². The molecule has 0 bridgehead atoms. The molecule has 0 aliphatic heterocycles. The molecule has 2 aromatic rings. The van der Waals surface area contributed by atoms with Crippen LogP contribution in [0.3, 0.4) is 0 Å². The van der Waals surface area contributed by atoms with Gasteiger partial charge < -0.3 is 15.0 Å². The van der Waals surface area contributed by atoms with E-state index in [1.165, 1.54) is 12.3 Å². The standard InChI is InChI=1S/C13H13N3O3/c1-2-16-7-3-4-11(16)12(17)15-9-5-6-14-10(8-9)13(18)19/h3-8H,2H2,1H3,(H,18,19)(H,14,15,17). The lowest BCUT2D eigenvalue weighted by Crippen LogP contribution is -2.16. The van der Waals surface area contributed by atoms with E-state index in [4.69, 9.17) is 5.11 Å². The number of nitrogens with one attached hydrogen (secondary N) is 1. The number of aromatic carboxylic acids is 1. The van der Waals surface area contributed by atoms with E-state index in [1.54, 1.807) is 22.8 Å². The molecule has 2 N–H and O–H groups in total. The predicted molar refractivity (Wildman–Crippen MR) is 69.3 cm³/mol. The first-order valence-electron chi connectivity index (χ1n) is 5.77. The number of aromatic nitrogens is 2. The number of pyridine rings is 1. The lowest BCUT2D eigenvalue weighted by molar-refractivity contribution is 0.0690. The maximum atomic E-state index is 12.0. The molecule has 6 nitrogen and oxygen atoms in total. The van der Waals surface area contributed by atoms with Crippen LogP contribution in [-0.4, -0.2) is 26.5 Å². The summed E-state index contributed by atoms with van der Waals surface area (Å²) in [5.74, 6) is -1.41. The number of hydrogen-bond acceptors (Lipinski definition) is 3. The quantitative estimate of drug-likeness (QED) is 0.877. The average molecular weight is 259 g/mol. The Morgan fingerprint density at radius 3 is 2.89 bits per heavy atom. The lowest BCUT2D eigenvalue weighted by Gasteiger charge is -2.08. The highest BCUT2D eigenvalue weighted by molar-refractivity contribution is 6.03. The van der Waals surface area contributed by atoms with Crippen LogP contribution in [0.25, 0.3) is 0 Å². The fourth-order valence-corrected chi connectivity index (χ4v) is 1.72. The van der Waals surface area contributed by atoms with E-state index in [1.807, 2.05) is 13.1 Å². The zero-order valence-electron chi connectivity index (χ0n) is 10.3. The maximum absolute atomic E-state index is 12.0. The number of amides is 1. The van der Waals surface area contributed by atoms with Crippen LogP contribution in [0.1, 0.15) is 27.9 Å². The van der Waals surface area contributed by atoms with Crippen molar-refractivity contribution in [2.45, 2.75) is 13.5 Å². The minimum Gasteiger partial charge on any atom is -0.477 e. The predicted octanol–water partition coefficient (Wildman–Crippen LogP) is 1.85. The number of carbonyl (C=O) groups is 2. The van der Waals surface area contributed by atoms with E-state index in [0.29, 0.717) is 17.9 Å². The molecule has 0 saturated carbocycles. The van der Waals surface area contributed by atoms with Crippen molar-refractivity contribution in [1.29, 1.82) is 0 Å². The third kappa shape index (κ3) is 2.79. The molecule has 0 radical (unpaired) electrons. The Morgan fingerprint density at radius 1 is 1.42 bits per heavy atom. The van der Waals surface area contributed by atoms with Crippen LogP contribution in [-0.2, 0) is 6.54 Å². The second kappa shape index (κ2) is 5.34. The van der Waals surface area contributed by atoms with Gasteiger partial charge in [0.15, 0.2) is 0 Å². The highest BCUT2D eigenvalue weighted by atomic mass is 16.4. The van der Waals surface area contributed by atoms with Crippen LogP contribution in [0, 0.1) is 0 Å². The molecule has 0 aliphatic carbocycles. The molecule has 0 spiro atoms. The fraction of sp³-hybridized carbons (Fsp3) is 0.154. The molecule has 0 fully saturated rings. The van der Waals surface area contributed by atoms with Crippen LogP contribution in [0.4, 0.5) is 5.69 Å². The van der Waals surface area contributed by atoms with Crippen LogP contribution >= 0.6 is 0 Å². The van der Waals surface area contributed by atoms with Crippen LogP contribution in [0.15, 0.2) is 36.7 Å². The second-order valence-electron chi connectivity index (χ2n) is 3.87. The Kier molecular flexibility index (Phi) is 3.61. The number of carboxylic acids is 1. The monoisotopic (exact) mass is 259 g/mol. The Balaban J connectivity index is 2.19. The molecule has 19 heavy (non-hydrogen) atoms. The average Bonchev–Trinajstić information content (AvgIpc) is 2.87. The van der Waals surface area contributed by atoms with Crippen molar-refractivity contribution in [3.05, 3.63) is 48.0 Å². The Labute approximate surface area is 109 Å². The lowest BCUT2D eigenvalue weighted by atomic mass is 10.3. The minimum absolute atomic E-state index is 0.108. The van der Waals surface area contributed by atoms with Gasteiger partial charge in [0.05, 0.1) is 0 Å². The van der Waals surface area contributed by atoms with Gasteiger partial charge in [0.1, 0.15) is 11.4 Å². The molecule has 0 unspecified atom stereocenters. The summed E-state index contributed by atoms with van der Waals surface area (Å²) in [5, 5.41) is 11.5. The Bertz CT molecular complexity index is 619. The molecule has 0 atom stereocenters. The largest absolute Gasteiger partial charge is 0.477 e. The van der Waals surface area contributed by atoms with Gasteiger partial charge in [0.2, 0.25) is 0 Å². The summed E-state index contributed by atoms with van der Waals surface area (Å²) in [5.41, 5.74) is 0.820. The van der Waals surface area contributed by atoms with Gasteiger partial charge in [-0.2, -0.15) is 0 Å². The summed E-state index contributed by atoms with van der Waals surface area (Å²) in [4.78, 5) is 26.5. The Morgan fingerprint density at radius 2 is 2.21 bits per heavy atom. The van der Waals surface area contributed by atoms with Crippen molar-refractivity contribution in [3.63, 3.8) is 0 Å². The second-order valence-corrected chi connectivity index (χ2v) is 3.87. The fourth-order valence-electron chi connectivity index (χ4n) is 1.72. The third-order valence-corrected chi connectivity index (χ3v) is 2.64. The summed E-state index contributed by atoms with van der Waals surface area (Å²) in [6.45, 7) is 2.62. The van der Waals surface area contributed by atoms with Crippen molar-refractivity contribution in [2.24, 2.45) is 0 Å². The van der Waals surface area contributed by atoms with Gasteiger partial charge in [-0.1, -0.05) is 0 Å². The number of anilines is 1. The minimum atomic E-state index is -1.13. The summed E-state index contributed by atoms with van der Waals surface area (Å²) in [6, 6.07) is 6.36. The molecule has 0 saturated heterocycles. The van der Waals surface area contributed by atoms with Crippen LogP contribution in [0.5, 0.6) is 0 Å². The van der Waals surface area contributed by atoms with E-state index < -0.39 is 5.97 Å². The number of carboxylic acid groups (broad SMARTS) is 1. The highest BCUT2D eigenvalue weighted by Crippen LogP contribution is 2.11. The van der Waals surface area contributed by atoms with E-state index >= 15 is 0 Å². The van der Waals surface area contributed by atoms with Crippen molar-refractivity contribution in [2.75, 3.05) is 5.32 Å². The normalized spacial score (nSPS) is 10.2. The number of hydrogen-bond donors (Lipinski definition) is 2. The molecule has 1 amide bonds. The van der Waals surface area contributed by atoms with E-state index in [9.17, 15) is 9.59 Å². The van der Waals surface area contributed by atoms with Crippen LogP contribution in [0.2, 0.25) is 0 Å². The molecular formula is C13H13N3O3. The molecule has 98 valence electrons. The zero-order valence-corrected chi connectivity index (χ0v) is 10.3. The van der Waals surface area contributed by atoms with E-state index in [0.717, 1.165) is 0 Å². The Hall–Kier alpha value is -2.63. The number of nitrogens with zero attached hydrogens (tertiary/aromatic N) is 2. The molecule has 6 heteroatoms. The summed E-state index contributed by atoms with van der Waals surface area (Å²) < 4.78 is 1.80. The van der Waals surface area contributed by atoms with Gasteiger partial charge in [-0.05, 0) is 31.2 Å². The molecule has 2 rings (SSSR count). The molecule has 0 aromatic carbocycles. The third-order valence-electron chi connectivity index (χ3n) is 2.64. The van der Waals surface area contributed by atoms with E-state index in [2.05, 4.69) is 10.3 Å². The zero-order chi connectivity index (χ0) is 13.8. The SMILES string of the molecule is CCn1cccc1C(=O)Nc1ccnc(C(=O)O)c1. The summed E-state index contributed by atoms with van der Waals surface area (Å²) in [6.07, 6.45) is 3.15. The number of aryl methyl sites for hydroxylation is 1. The first-order chi connectivity index (χ1) is 9.11. The first-order valence-corrected chi connectivity index (χ1v) is 5.77. The molecular weight excluding hydrogens is 246 g/mol. The topological polar surface area (TPSA) is 84.2 Å². The van der Waals surface area contributed by atoms with Gasteiger partial charge in [-0.25, -0.2) is 9.78 Å². The molecule has 0 aliphatic rings. The molecule has 2 aromatic heterocycles. The van der Waals surface area contributed by atoms with Gasteiger partial charge in [0.25, 0.3) is 5.91 Å². The van der Waals surface area contributed by atoms with Crippen molar-refractivity contribution >= 4 is 17.6 Å². The van der Waals surface area contributed by atoms with Crippen molar-refractivity contribution < 1.29 is 14.7 Å². The number of rotatable bonds is 4. The highest BCUT2D eigenvalue weighted by Gasteiger charge is 2.11. The molecule has 2 heterocycles. The van der Waals surface area contributed by atoms with Crippen molar-refractivity contribution in [3.8, 4) is 0 Å². The van der Waals surface area contributed by atoms with Crippen molar-refractivity contribution in [1.82, 2.24) is 9.55 Å². The smallest absolute Gasteiger partial charge is 0.354 e. The first kappa shape index (κ1) is 12.8. The number of carbonyl (C=O) groups excluding carboxylic acids is 1. The van der Waals surface area contributed by atoms with Gasteiger partial charge >= 0.3 is 5.97 Å². The maximum Gasteiger partial charge on any atom is 0.354 e. The summed E-state index contributed by atoms with van der Waals surface area (Å²) in [7, 11) is 0. The van der Waals surface area contributed by atoms with E-state index in [-0.39, 0.29) is 11.6 Å². The van der Waals surface area contributed by atoms with Gasteiger partial charge in [-0.15, -0.1) is 0 Å². The summed E-state index contributed by atoms with van der Waals surface area (Å²) >= 11 is 0. The van der Waals surface area contributed by atoms with Gasteiger partial charge in [0, 0.05) is 24.6 Å². The van der Waals surface area contributed by atoms with Gasteiger partial charge in [-0.3, -0.25) is 4.79 Å².